The largest absolute Gasteiger partial charge is 0.468 e. The lowest BCUT2D eigenvalue weighted by molar-refractivity contribution is 0.296. The summed E-state index contributed by atoms with van der Waals surface area (Å²) in [6, 6.07) is 3.92. The maximum absolute atomic E-state index is 5.22. The van der Waals surface area contributed by atoms with Crippen molar-refractivity contribution in [1.29, 1.82) is 0 Å². The average molecular weight is 185 g/mol. The van der Waals surface area contributed by atoms with Gasteiger partial charge in [-0.25, -0.2) is 0 Å². The first-order valence-corrected chi connectivity index (χ1v) is 4.78. The summed E-state index contributed by atoms with van der Waals surface area (Å²) in [6.07, 6.45) is 2.84. The molecule has 0 fully saturated rings. The standard InChI is InChI=1S/C9H15NOS/c1-10(5-3-7-12)8-9-4-2-6-11-9/h2,4,6,12H,3,5,7-8H2,1H3. The van der Waals surface area contributed by atoms with Crippen molar-refractivity contribution >= 4 is 12.6 Å². The summed E-state index contributed by atoms with van der Waals surface area (Å²) < 4.78 is 5.22. The average Bonchev–Trinajstić information content (AvgIpc) is 2.53. The lowest BCUT2D eigenvalue weighted by Crippen LogP contribution is -2.18. The zero-order valence-electron chi connectivity index (χ0n) is 7.36. The molecule has 1 rings (SSSR count). The lowest BCUT2D eigenvalue weighted by Gasteiger charge is -2.13. The number of hydrogen-bond donors (Lipinski definition) is 1. The fourth-order valence-electron chi connectivity index (χ4n) is 1.09. The molecule has 0 N–H and O–H groups in total. The number of thiol groups is 1. The van der Waals surface area contributed by atoms with E-state index >= 15 is 0 Å². The summed E-state index contributed by atoms with van der Waals surface area (Å²) in [5, 5.41) is 0. The first kappa shape index (κ1) is 9.68. The van der Waals surface area contributed by atoms with Crippen LogP contribution in [0.2, 0.25) is 0 Å². The first-order chi connectivity index (χ1) is 5.83. The maximum atomic E-state index is 5.22. The van der Waals surface area contributed by atoms with E-state index in [0.717, 1.165) is 31.0 Å². The smallest absolute Gasteiger partial charge is 0.117 e. The van der Waals surface area contributed by atoms with Crippen molar-refractivity contribution < 1.29 is 4.42 Å². The monoisotopic (exact) mass is 185 g/mol. The minimum Gasteiger partial charge on any atom is -0.468 e. The molecule has 1 aromatic rings. The molecule has 0 unspecified atom stereocenters. The highest BCUT2D eigenvalue weighted by molar-refractivity contribution is 7.80. The van der Waals surface area contributed by atoms with E-state index in [4.69, 9.17) is 4.42 Å². The van der Waals surface area contributed by atoms with Gasteiger partial charge in [-0.1, -0.05) is 0 Å². The predicted octanol–water partition coefficient (Wildman–Crippen LogP) is 2.03. The quantitative estimate of drug-likeness (QED) is 0.707. The van der Waals surface area contributed by atoms with Gasteiger partial charge in [-0.15, -0.1) is 0 Å². The molecule has 0 aliphatic heterocycles. The van der Waals surface area contributed by atoms with Crippen LogP contribution in [0, 0.1) is 0 Å². The van der Waals surface area contributed by atoms with E-state index in [0.29, 0.717) is 0 Å². The summed E-state index contributed by atoms with van der Waals surface area (Å²) >= 11 is 4.16. The third-order valence-electron chi connectivity index (χ3n) is 1.70. The van der Waals surface area contributed by atoms with Gasteiger partial charge in [-0.3, -0.25) is 4.90 Å². The SMILES string of the molecule is CN(CCCS)Cc1ccco1. The fraction of sp³-hybridized carbons (Fsp3) is 0.556. The van der Waals surface area contributed by atoms with Crippen molar-refractivity contribution in [3.8, 4) is 0 Å². The molecule has 0 amide bonds. The molecule has 0 radical (unpaired) electrons. The van der Waals surface area contributed by atoms with E-state index < -0.39 is 0 Å². The molecule has 3 heteroatoms. The molecule has 12 heavy (non-hydrogen) atoms. The fourth-order valence-corrected chi connectivity index (χ4v) is 1.23. The van der Waals surface area contributed by atoms with Crippen LogP contribution < -0.4 is 0 Å². The summed E-state index contributed by atoms with van der Waals surface area (Å²) in [5.41, 5.74) is 0. The molecule has 68 valence electrons. The molecule has 2 nitrogen and oxygen atoms in total. The van der Waals surface area contributed by atoms with Crippen LogP contribution in [0.15, 0.2) is 22.8 Å². The highest BCUT2D eigenvalue weighted by Gasteiger charge is 2.00. The molecule has 0 saturated heterocycles. The van der Waals surface area contributed by atoms with Crippen molar-refractivity contribution in [3.63, 3.8) is 0 Å². The number of furan rings is 1. The zero-order chi connectivity index (χ0) is 8.81. The molecule has 0 aliphatic carbocycles. The van der Waals surface area contributed by atoms with Crippen LogP contribution in [0.4, 0.5) is 0 Å². The second-order valence-corrected chi connectivity index (χ2v) is 3.34. The molecule has 1 aromatic heterocycles. The van der Waals surface area contributed by atoms with Crippen molar-refractivity contribution in [1.82, 2.24) is 4.90 Å². The van der Waals surface area contributed by atoms with Gasteiger partial charge >= 0.3 is 0 Å². The minimum atomic E-state index is 0.890. The number of nitrogens with zero attached hydrogens (tertiary/aromatic N) is 1. The molecule has 1 heterocycles. The van der Waals surface area contributed by atoms with Gasteiger partial charge in [0.05, 0.1) is 12.8 Å². The number of hydrogen-bond acceptors (Lipinski definition) is 3. The Kier molecular flexibility index (Phi) is 4.25. The topological polar surface area (TPSA) is 16.4 Å². The third kappa shape index (κ3) is 3.32. The summed E-state index contributed by atoms with van der Waals surface area (Å²) in [6.45, 7) is 1.96. The zero-order valence-corrected chi connectivity index (χ0v) is 8.26. The van der Waals surface area contributed by atoms with Gasteiger partial charge in [0.25, 0.3) is 0 Å². The van der Waals surface area contributed by atoms with Crippen LogP contribution in [0.3, 0.4) is 0 Å². The summed E-state index contributed by atoms with van der Waals surface area (Å²) in [7, 11) is 2.09. The summed E-state index contributed by atoms with van der Waals surface area (Å²) in [5.74, 6) is 1.97. The van der Waals surface area contributed by atoms with Crippen molar-refractivity contribution in [2.24, 2.45) is 0 Å². The molecule has 0 bridgehead atoms. The van der Waals surface area contributed by atoms with Gasteiger partial charge in [-0.05, 0) is 37.9 Å². The van der Waals surface area contributed by atoms with Gasteiger partial charge in [0.15, 0.2) is 0 Å². The highest BCUT2D eigenvalue weighted by atomic mass is 32.1. The van der Waals surface area contributed by atoms with Crippen LogP contribution in [-0.4, -0.2) is 24.2 Å². The molecule has 0 atom stereocenters. The molecule has 0 aromatic carbocycles. The minimum absolute atomic E-state index is 0.890. The van der Waals surface area contributed by atoms with Gasteiger partial charge in [0.2, 0.25) is 0 Å². The van der Waals surface area contributed by atoms with E-state index in [1.807, 2.05) is 12.1 Å². The second kappa shape index (κ2) is 5.27. The van der Waals surface area contributed by atoms with Crippen molar-refractivity contribution in [2.75, 3.05) is 19.3 Å². The maximum Gasteiger partial charge on any atom is 0.117 e. The Bertz CT molecular complexity index is 198. The highest BCUT2D eigenvalue weighted by Crippen LogP contribution is 2.03. The van der Waals surface area contributed by atoms with Crippen LogP contribution in [-0.2, 0) is 6.54 Å². The molecule has 0 spiro atoms. The Morgan fingerprint density at radius 2 is 2.42 bits per heavy atom. The van der Waals surface area contributed by atoms with Crippen LogP contribution in [0.1, 0.15) is 12.2 Å². The molecule has 0 saturated carbocycles. The van der Waals surface area contributed by atoms with Gasteiger partial charge in [0.1, 0.15) is 5.76 Å². The Balaban J connectivity index is 2.22. The van der Waals surface area contributed by atoms with E-state index in [1.54, 1.807) is 6.26 Å². The van der Waals surface area contributed by atoms with Gasteiger partial charge in [-0.2, -0.15) is 12.6 Å². The summed E-state index contributed by atoms with van der Waals surface area (Å²) in [4.78, 5) is 2.23. The molecular formula is C9H15NOS. The van der Waals surface area contributed by atoms with Crippen molar-refractivity contribution in [3.05, 3.63) is 24.2 Å². The molecule has 0 aliphatic rings. The van der Waals surface area contributed by atoms with E-state index in [2.05, 4.69) is 24.6 Å². The van der Waals surface area contributed by atoms with Crippen LogP contribution in [0.25, 0.3) is 0 Å². The Hall–Kier alpha value is -0.410. The molecular weight excluding hydrogens is 170 g/mol. The second-order valence-electron chi connectivity index (χ2n) is 2.89. The Morgan fingerprint density at radius 1 is 1.58 bits per heavy atom. The Labute approximate surface area is 79.0 Å². The predicted molar refractivity (Wildman–Crippen MR) is 53.5 cm³/mol. The van der Waals surface area contributed by atoms with Crippen LogP contribution >= 0.6 is 12.6 Å². The van der Waals surface area contributed by atoms with E-state index in [9.17, 15) is 0 Å². The number of rotatable bonds is 5. The van der Waals surface area contributed by atoms with Gasteiger partial charge in [0, 0.05) is 0 Å². The Morgan fingerprint density at radius 3 is 3.00 bits per heavy atom. The van der Waals surface area contributed by atoms with E-state index in [1.165, 1.54) is 0 Å². The van der Waals surface area contributed by atoms with Gasteiger partial charge < -0.3 is 4.42 Å². The van der Waals surface area contributed by atoms with E-state index in [-0.39, 0.29) is 0 Å². The lowest BCUT2D eigenvalue weighted by atomic mass is 10.4. The first-order valence-electron chi connectivity index (χ1n) is 4.14. The normalized spacial score (nSPS) is 10.9. The van der Waals surface area contributed by atoms with Crippen molar-refractivity contribution in [2.45, 2.75) is 13.0 Å². The van der Waals surface area contributed by atoms with Crippen LogP contribution in [0.5, 0.6) is 0 Å². The third-order valence-corrected chi connectivity index (χ3v) is 2.02.